The molecule has 0 heterocycles. The molecule has 14 heavy (non-hydrogen) atoms. The SMILES string of the molecule is CNCCC(N)c1cc(F)ccc1F. The van der Waals surface area contributed by atoms with Gasteiger partial charge in [0.1, 0.15) is 11.6 Å². The third kappa shape index (κ3) is 2.75. The minimum absolute atomic E-state index is 0.236. The van der Waals surface area contributed by atoms with E-state index in [1.807, 2.05) is 0 Å². The molecule has 1 atom stereocenters. The molecule has 2 nitrogen and oxygen atoms in total. The van der Waals surface area contributed by atoms with E-state index in [0.29, 0.717) is 13.0 Å². The van der Waals surface area contributed by atoms with Gasteiger partial charge in [-0.1, -0.05) is 0 Å². The summed E-state index contributed by atoms with van der Waals surface area (Å²) in [4.78, 5) is 0. The lowest BCUT2D eigenvalue weighted by Gasteiger charge is -2.12. The van der Waals surface area contributed by atoms with E-state index >= 15 is 0 Å². The highest BCUT2D eigenvalue weighted by Gasteiger charge is 2.11. The summed E-state index contributed by atoms with van der Waals surface area (Å²) in [7, 11) is 1.79. The number of hydrogen-bond donors (Lipinski definition) is 2. The zero-order valence-corrected chi connectivity index (χ0v) is 8.06. The number of benzene rings is 1. The first-order valence-electron chi connectivity index (χ1n) is 4.50. The second kappa shape index (κ2) is 5.02. The molecule has 0 aliphatic heterocycles. The van der Waals surface area contributed by atoms with Gasteiger partial charge in [0.05, 0.1) is 0 Å². The van der Waals surface area contributed by atoms with Crippen molar-refractivity contribution in [2.45, 2.75) is 12.5 Å². The van der Waals surface area contributed by atoms with Crippen LogP contribution in [0, 0.1) is 11.6 Å². The third-order valence-electron chi connectivity index (χ3n) is 2.06. The van der Waals surface area contributed by atoms with Crippen LogP contribution in [-0.4, -0.2) is 13.6 Å². The molecule has 0 bridgehead atoms. The predicted octanol–water partition coefficient (Wildman–Crippen LogP) is 1.57. The standard InChI is InChI=1S/C10H14F2N2/c1-14-5-4-10(13)8-6-7(11)2-3-9(8)12/h2-3,6,10,14H,4-5,13H2,1H3. The summed E-state index contributed by atoms with van der Waals surface area (Å²) in [6, 6.07) is 2.88. The van der Waals surface area contributed by atoms with Crippen molar-refractivity contribution >= 4 is 0 Å². The Kier molecular flexibility index (Phi) is 3.98. The van der Waals surface area contributed by atoms with E-state index in [1.54, 1.807) is 7.05 Å². The largest absolute Gasteiger partial charge is 0.324 e. The van der Waals surface area contributed by atoms with Crippen molar-refractivity contribution in [3.05, 3.63) is 35.4 Å². The predicted molar refractivity (Wildman–Crippen MR) is 51.8 cm³/mol. The molecule has 4 heteroatoms. The van der Waals surface area contributed by atoms with E-state index in [0.717, 1.165) is 18.2 Å². The van der Waals surface area contributed by atoms with Gasteiger partial charge in [0.25, 0.3) is 0 Å². The van der Waals surface area contributed by atoms with Crippen molar-refractivity contribution in [2.24, 2.45) is 5.73 Å². The Balaban J connectivity index is 2.77. The minimum Gasteiger partial charge on any atom is -0.324 e. The maximum Gasteiger partial charge on any atom is 0.128 e. The topological polar surface area (TPSA) is 38.0 Å². The third-order valence-corrected chi connectivity index (χ3v) is 2.06. The summed E-state index contributed by atoms with van der Waals surface area (Å²) in [5.41, 5.74) is 5.94. The van der Waals surface area contributed by atoms with E-state index in [9.17, 15) is 8.78 Å². The van der Waals surface area contributed by atoms with Crippen molar-refractivity contribution in [1.82, 2.24) is 5.32 Å². The van der Waals surface area contributed by atoms with Crippen molar-refractivity contribution in [3.63, 3.8) is 0 Å². The maximum absolute atomic E-state index is 13.2. The molecule has 0 fully saturated rings. The number of nitrogens with one attached hydrogen (secondary N) is 1. The van der Waals surface area contributed by atoms with Gasteiger partial charge >= 0.3 is 0 Å². The average Bonchev–Trinajstić information content (AvgIpc) is 2.18. The number of nitrogens with two attached hydrogens (primary N) is 1. The second-order valence-corrected chi connectivity index (χ2v) is 3.16. The minimum atomic E-state index is -0.460. The Labute approximate surface area is 82.1 Å². The first-order chi connectivity index (χ1) is 6.65. The van der Waals surface area contributed by atoms with Crippen molar-refractivity contribution < 1.29 is 8.78 Å². The summed E-state index contributed by atoms with van der Waals surface area (Å²) in [6.07, 6.45) is 0.580. The normalized spacial score (nSPS) is 12.9. The van der Waals surface area contributed by atoms with Gasteiger partial charge < -0.3 is 11.1 Å². The molecule has 0 aromatic heterocycles. The summed E-state index contributed by atoms with van der Waals surface area (Å²) >= 11 is 0. The Morgan fingerprint density at radius 1 is 1.43 bits per heavy atom. The molecule has 3 N–H and O–H groups in total. The highest BCUT2D eigenvalue weighted by molar-refractivity contribution is 5.21. The summed E-state index contributed by atoms with van der Waals surface area (Å²) < 4.78 is 26.0. The highest BCUT2D eigenvalue weighted by atomic mass is 19.1. The molecule has 1 unspecified atom stereocenters. The molecule has 1 rings (SSSR count). The Hall–Kier alpha value is -1.00. The van der Waals surface area contributed by atoms with E-state index in [1.165, 1.54) is 0 Å². The fourth-order valence-electron chi connectivity index (χ4n) is 1.25. The van der Waals surface area contributed by atoms with Gasteiger partial charge in [-0.3, -0.25) is 0 Å². The second-order valence-electron chi connectivity index (χ2n) is 3.16. The molecule has 0 aliphatic carbocycles. The van der Waals surface area contributed by atoms with Gasteiger partial charge in [0.2, 0.25) is 0 Å². The monoisotopic (exact) mass is 200 g/mol. The molecule has 0 saturated heterocycles. The van der Waals surface area contributed by atoms with E-state index in [-0.39, 0.29) is 5.56 Å². The summed E-state index contributed by atoms with van der Waals surface area (Å²) in [6.45, 7) is 0.678. The summed E-state index contributed by atoms with van der Waals surface area (Å²) in [5.74, 6) is -0.906. The lowest BCUT2D eigenvalue weighted by Crippen LogP contribution is -2.19. The van der Waals surface area contributed by atoms with Crippen LogP contribution in [0.5, 0.6) is 0 Å². The zero-order valence-electron chi connectivity index (χ0n) is 8.06. The number of hydrogen-bond acceptors (Lipinski definition) is 2. The number of rotatable bonds is 4. The molecule has 0 radical (unpaired) electrons. The van der Waals surface area contributed by atoms with Crippen LogP contribution in [0.1, 0.15) is 18.0 Å². The molecular weight excluding hydrogens is 186 g/mol. The van der Waals surface area contributed by atoms with Crippen LogP contribution in [0.3, 0.4) is 0 Å². The molecule has 1 aromatic rings. The molecule has 1 aromatic carbocycles. The quantitative estimate of drug-likeness (QED) is 0.774. The van der Waals surface area contributed by atoms with Crippen molar-refractivity contribution in [2.75, 3.05) is 13.6 Å². The molecule has 0 spiro atoms. The van der Waals surface area contributed by atoms with Gasteiger partial charge in [-0.25, -0.2) is 8.78 Å². The molecule has 0 amide bonds. The first kappa shape index (κ1) is 11.1. The Bertz CT molecular complexity index is 302. The van der Waals surface area contributed by atoms with E-state index in [2.05, 4.69) is 5.32 Å². The highest BCUT2D eigenvalue weighted by Crippen LogP contribution is 2.18. The smallest absolute Gasteiger partial charge is 0.128 e. The Morgan fingerprint density at radius 2 is 2.14 bits per heavy atom. The lowest BCUT2D eigenvalue weighted by atomic mass is 10.0. The van der Waals surface area contributed by atoms with E-state index in [4.69, 9.17) is 5.73 Å². The van der Waals surface area contributed by atoms with Crippen LogP contribution in [-0.2, 0) is 0 Å². The van der Waals surface area contributed by atoms with Gasteiger partial charge in [-0.05, 0) is 38.2 Å². The van der Waals surface area contributed by atoms with Crippen LogP contribution >= 0.6 is 0 Å². The average molecular weight is 200 g/mol. The van der Waals surface area contributed by atoms with Crippen LogP contribution in [0.15, 0.2) is 18.2 Å². The van der Waals surface area contributed by atoms with Crippen LogP contribution < -0.4 is 11.1 Å². The fourth-order valence-corrected chi connectivity index (χ4v) is 1.25. The van der Waals surface area contributed by atoms with Gasteiger partial charge in [-0.2, -0.15) is 0 Å². The maximum atomic E-state index is 13.2. The van der Waals surface area contributed by atoms with Gasteiger partial charge in [0, 0.05) is 11.6 Å². The van der Waals surface area contributed by atoms with Crippen molar-refractivity contribution in [3.8, 4) is 0 Å². The van der Waals surface area contributed by atoms with Gasteiger partial charge in [-0.15, -0.1) is 0 Å². The number of halogens is 2. The summed E-state index contributed by atoms with van der Waals surface area (Å²) in [5, 5.41) is 2.91. The van der Waals surface area contributed by atoms with Crippen LogP contribution in [0.4, 0.5) is 8.78 Å². The van der Waals surface area contributed by atoms with Crippen molar-refractivity contribution in [1.29, 1.82) is 0 Å². The fraction of sp³-hybridized carbons (Fsp3) is 0.400. The van der Waals surface area contributed by atoms with Crippen LogP contribution in [0.25, 0.3) is 0 Å². The molecule has 78 valence electrons. The molecule has 0 saturated carbocycles. The molecular formula is C10H14F2N2. The lowest BCUT2D eigenvalue weighted by molar-refractivity contribution is 0.541. The molecule has 0 aliphatic rings. The van der Waals surface area contributed by atoms with Gasteiger partial charge in [0.15, 0.2) is 0 Å². The Morgan fingerprint density at radius 3 is 2.79 bits per heavy atom. The van der Waals surface area contributed by atoms with E-state index < -0.39 is 17.7 Å². The van der Waals surface area contributed by atoms with Crippen LogP contribution in [0.2, 0.25) is 0 Å². The zero-order chi connectivity index (χ0) is 10.6. The first-order valence-corrected chi connectivity index (χ1v) is 4.50.